The lowest BCUT2D eigenvalue weighted by atomic mass is 9.55. The molecule has 0 N–H and O–H groups in total. The third-order valence-corrected chi connectivity index (χ3v) is 17.4. The number of allylic oxidation sites excluding steroid dienone is 5. The van der Waals surface area contributed by atoms with Crippen LogP contribution in [-0.2, 0) is 28.4 Å². The summed E-state index contributed by atoms with van der Waals surface area (Å²) in [4.78, 5) is 2.51. The Morgan fingerprint density at radius 2 is 1.44 bits per heavy atom. The molecular weight excluding hydrogens is 819 g/mol. The average molecular weight is 922 g/mol. The standard InChI is InChI=1S/C59H103NO6/c1-6-7-8-9-10-11-12-13-14-15-16-17-18-19-20-21-38-62-47-51(46-60-36-34-59(35-37-60)65-39-23-40-66-59)64-44-42-61-41-43-63-50-26-28-52-49(45-50)25-27-54-53(52)29-30-56-55(54)31-32-57(56)58(4,5)33-22-24-48(2)3/h10-11,13-14,25,48,50-57H,6-9,12,15-24,26-47H2,1-5H3/t50-,51?,52?,53?,54?,55?,56?,57-/m0/s1. The summed E-state index contributed by atoms with van der Waals surface area (Å²) in [6, 6.07) is 0. The molecule has 2 heterocycles. The van der Waals surface area contributed by atoms with Crippen molar-refractivity contribution in [2.75, 3.05) is 72.5 Å². The Morgan fingerprint density at radius 3 is 2.21 bits per heavy atom. The summed E-state index contributed by atoms with van der Waals surface area (Å²) in [6.07, 6.45) is 45.6. The normalized spacial score (nSPS) is 28.6. The predicted molar refractivity (Wildman–Crippen MR) is 274 cm³/mol. The number of likely N-dealkylation sites (tertiary alicyclic amines) is 1. The molecule has 6 unspecified atom stereocenters. The van der Waals surface area contributed by atoms with Crippen LogP contribution >= 0.6 is 0 Å². The van der Waals surface area contributed by atoms with E-state index in [1.807, 2.05) is 0 Å². The first kappa shape index (κ1) is 54.3. The maximum absolute atomic E-state index is 6.50. The van der Waals surface area contributed by atoms with Gasteiger partial charge in [0.2, 0.25) is 0 Å². The van der Waals surface area contributed by atoms with Crippen LogP contribution in [0.4, 0.5) is 0 Å². The van der Waals surface area contributed by atoms with Crippen molar-refractivity contribution in [2.45, 2.75) is 220 Å². The topological polar surface area (TPSA) is 58.6 Å². The van der Waals surface area contributed by atoms with Crippen LogP contribution in [0.5, 0.6) is 0 Å². The Hall–Kier alpha value is -1.06. The van der Waals surface area contributed by atoms with Gasteiger partial charge in [0, 0.05) is 39.1 Å². The van der Waals surface area contributed by atoms with Crippen LogP contribution in [-0.4, -0.2) is 95.4 Å². The highest BCUT2D eigenvalue weighted by Crippen LogP contribution is 2.61. The minimum absolute atomic E-state index is 0.0341. The highest BCUT2D eigenvalue weighted by Gasteiger charge is 2.52. The molecule has 1 spiro atoms. The van der Waals surface area contributed by atoms with E-state index in [1.165, 1.54) is 128 Å². The van der Waals surface area contributed by atoms with E-state index in [1.54, 1.807) is 5.57 Å². The van der Waals surface area contributed by atoms with E-state index in [9.17, 15) is 0 Å². The number of fused-ring (bicyclic) bond motifs is 5. The Bertz CT molecular complexity index is 1380. The maximum atomic E-state index is 6.50. The largest absolute Gasteiger partial charge is 0.379 e. The molecule has 0 aromatic carbocycles. The Balaban J connectivity index is 0.824. The number of ether oxygens (including phenoxy) is 6. The Labute approximate surface area is 406 Å². The number of hydrogen-bond acceptors (Lipinski definition) is 7. The molecule has 66 heavy (non-hydrogen) atoms. The lowest BCUT2D eigenvalue weighted by Gasteiger charge is -2.51. The van der Waals surface area contributed by atoms with Gasteiger partial charge in [-0.1, -0.05) is 122 Å². The molecule has 6 rings (SSSR count). The lowest BCUT2D eigenvalue weighted by Crippen LogP contribution is -2.51. The third kappa shape index (κ3) is 18.0. The van der Waals surface area contributed by atoms with Gasteiger partial charge < -0.3 is 33.3 Å². The SMILES string of the molecule is CCCCCC=CCC=CCCCCCCCCOCC(CN1CCC2(CC1)OCCCO2)OCCOCCO[C@H]1CCC2C(=CCC3C2CCC2C3CC[C@@H]2C(C)(C)CCCC(C)C)C1. The summed E-state index contributed by atoms with van der Waals surface area (Å²) >= 11 is 0. The van der Waals surface area contributed by atoms with Gasteiger partial charge in [-0.2, -0.15) is 0 Å². The molecule has 0 amide bonds. The zero-order valence-corrected chi connectivity index (χ0v) is 43.6. The fourth-order valence-electron chi connectivity index (χ4n) is 13.6. The molecule has 3 saturated carbocycles. The zero-order chi connectivity index (χ0) is 46.3. The van der Waals surface area contributed by atoms with Gasteiger partial charge >= 0.3 is 0 Å². The quantitative estimate of drug-likeness (QED) is 0.0492. The number of unbranched alkanes of at least 4 members (excludes halogenated alkanes) is 9. The molecule has 0 radical (unpaired) electrons. The summed E-state index contributed by atoms with van der Waals surface area (Å²) in [5, 5.41) is 0. The van der Waals surface area contributed by atoms with Gasteiger partial charge in [-0.15, -0.1) is 0 Å². The fourth-order valence-corrected chi connectivity index (χ4v) is 13.6. The summed E-state index contributed by atoms with van der Waals surface area (Å²) in [7, 11) is 0. The lowest BCUT2D eigenvalue weighted by molar-refractivity contribution is -0.284. The first-order valence-electron chi connectivity index (χ1n) is 28.6. The van der Waals surface area contributed by atoms with E-state index >= 15 is 0 Å². The predicted octanol–water partition coefficient (Wildman–Crippen LogP) is 14.5. The van der Waals surface area contributed by atoms with Gasteiger partial charge in [0.15, 0.2) is 5.79 Å². The van der Waals surface area contributed by atoms with Crippen LogP contribution < -0.4 is 0 Å². The molecule has 8 atom stereocenters. The highest BCUT2D eigenvalue weighted by atomic mass is 16.7. The van der Waals surface area contributed by atoms with Crippen molar-refractivity contribution in [2.24, 2.45) is 46.8 Å². The van der Waals surface area contributed by atoms with Crippen molar-refractivity contribution in [3.05, 3.63) is 36.0 Å². The van der Waals surface area contributed by atoms with Crippen molar-refractivity contribution in [3.8, 4) is 0 Å². The second-order valence-electron chi connectivity index (χ2n) is 23.1. The number of rotatable bonds is 32. The molecule has 5 fully saturated rings. The molecule has 380 valence electrons. The van der Waals surface area contributed by atoms with Crippen LogP contribution in [0.3, 0.4) is 0 Å². The van der Waals surface area contributed by atoms with Crippen LogP contribution in [0.25, 0.3) is 0 Å². The number of piperidine rings is 1. The van der Waals surface area contributed by atoms with E-state index in [-0.39, 0.29) is 11.9 Å². The highest BCUT2D eigenvalue weighted by molar-refractivity contribution is 5.19. The van der Waals surface area contributed by atoms with Crippen molar-refractivity contribution in [1.82, 2.24) is 4.90 Å². The maximum Gasteiger partial charge on any atom is 0.170 e. The van der Waals surface area contributed by atoms with Gasteiger partial charge in [0.25, 0.3) is 0 Å². The van der Waals surface area contributed by atoms with Crippen LogP contribution in [0.2, 0.25) is 0 Å². The Morgan fingerprint density at radius 1 is 0.727 bits per heavy atom. The smallest absolute Gasteiger partial charge is 0.170 e. The minimum atomic E-state index is -0.363. The zero-order valence-electron chi connectivity index (χ0n) is 43.6. The van der Waals surface area contributed by atoms with Crippen LogP contribution in [0.1, 0.15) is 202 Å². The van der Waals surface area contributed by atoms with Gasteiger partial charge in [0.1, 0.15) is 0 Å². The van der Waals surface area contributed by atoms with E-state index in [0.29, 0.717) is 44.6 Å². The summed E-state index contributed by atoms with van der Waals surface area (Å²) in [5.74, 6) is 6.04. The van der Waals surface area contributed by atoms with Gasteiger partial charge in [-0.25, -0.2) is 0 Å². The van der Waals surface area contributed by atoms with Crippen LogP contribution in [0.15, 0.2) is 36.0 Å². The van der Waals surface area contributed by atoms with E-state index < -0.39 is 0 Å². The summed E-state index contributed by atoms with van der Waals surface area (Å²) in [6.45, 7) is 20.7. The van der Waals surface area contributed by atoms with Crippen molar-refractivity contribution in [1.29, 1.82) is 0 Å². The molecule has 0 aromatic heterocycles. The van der Waals surface area contributed by atoms with Gasteiger partial charge in [-0.3, -0.25) is 0 Å². The molecule has 2 aliphatic heterocycles. The van der Waals surface area contributed by atoms with Crippen molar-refractivity contribution in [3.63, 3.8) is 0 Å². The number of nitrogens with zero attached hydrogens (tertiary/aromatic N) is 1. The molecule has 7 nitrogen and oxygen atoms in total. The molecule has 0 bridgehead atoms. The second-order valence-corrected chi connectivity index (χ2v) is 23.1. The minimum Gasteiger partial charge on any atom is -0.379 e. The second kappa shape index (κ2) is 30.0. The van der Waals surface area contributed by atoms with Gasteiger partial charge in [-0.05, 0) is 150 Å². The third-order valence-electron chi connectivity index (χ3n) is 17.4. The summed E-state index contributed by atoms with van der Waals surface area (Å²) in [5.41, 5.74) is 2.24. The van der Waals surface area contributed by atoms with E-state index in [0.717, 1.165) is 119 Å². The first-order chi connectivity index (χ1) is 32.3. The molecule has 4 aliphatic carbocycles. The number of hydrogen-bond donors (Lipinski definition) is 0. The van der Waals surface area contributed by atoms with Crippen molar-refractivity contribution >= 4 is 0 Å². The fraction of sp³-hybridized carbons (Fsp3) is 0.898. The average Bonchev–Trinajstić information content (AvgIpc) is 3.77. The first-order valence-corrected chi connectivity index (χ1v) is 28.6. The Kier molecular flexibility index (Phi) is 24.6. The molecule has 7 heteroatoms. The van der Waals surface area contributed by atoms with Crippen LogP contribution in [0, 0.1) is 46.8 Å². The van der Waals surface area contributed by atoms with Crippen molar-refractivity contribution < 1.29 is 28.4 Å². The summed E-state index contributed by atoms with van der Waals surface area (Å²) < 4.78 is 37.6. The van der Waals surface area contributed by atoms with Gasteiger partial charge in [0.05, 0.1) is 58.5 Å². The molecular formula is C59H103NO6. The molecule has 0 aromatic rings. The monoisotopic (exact) mass is 922 g/mol. The molecule has 2 saturated heterocycles. The van der Waals surface area contributed by atoms with E-state index in [2.05, 4.69) is 69.9 Å². The molecule has 6 aliphatic rings. The van der Waals surface area contributed by atoms with E-state index in [4.69, 9.17) is 28.4 Å².